The van der Waals surface area contributed by atoms with Gasteiger partial charge in [0, 0.05) is 0 Å². The standard InChI is InChI=1S/C16H17NO3/c1-10(2)12-5-4-11(3)15(8-12)20-13-6-7-14(16(18)19)17-9-13/h4-10H,1-3H3,(H,18,19). The van der Waals surface area contributed by atoms with Crippen molar-refractivity contribution in [2.45, 2.75) is 26.7 Å². The third kappa shape index (κ3) is 3.15. The molecule has 0 radical (unpaired) electrons. The maximum absolute atomic E-state index is 10.7. The summed E-state index contributed by atoms with van der Waals surface area (Å²) in [7, 11) is 0. The molecular formula is C16H17NO3. The highest BCUT2D eigenvalue weighted by molar-refractivity contribution is 5.85. The van der Waals surface area contributed by atoms with Crippen LogP contribution in [0, 0.1) is 6.92 Å². The molecule has 0 unspecified atom stereocenters. The number of carbonyl (C=O) groups is 1. The number of aryl methyl sites for hydroxylation is 1. The summed E-state index contributed by atoms with van der Waals surface area (Å²) in [4.78, 5) is 14.6. The maximum Gasteiger partial charge on any atom is 0.354 e. The number of aromatic carboxylic acids is 1. The van der Waals surface area contributed by atoms with Crippen LogP contribution >= 0.6 is 0 Å². The van der Waals surface area contributed by atoms with Crippen molar-refractivity contribution in [2.75, 3.05) is 0 Å². The molecule has 104 valence electrons. The Morgan fingerprint density at radius 1 is 1.25 bits per heavy atom. The average molecular weight is 271 g/mol. The molecule has 0 aliphatic rings. The number of carboxylic acid groups (broad SMARTS) is 1. The van der Waals surface area contributed by atoms with Crippen molar-refractivity contribution in [1.29, 1.82) is 0 Å². The van der Waals surface area contributed by atoms with Crippen LogP contribution in [0.2, 0.25) is 0 Å². The van der Waals surface area contributed by atoms with Gasteiger partial charge in [-0.15, -0.1) is 0 Å². The Balaban J connectivity index is 2.25. The highest BCUT2D eigenvalue weighted by Crippen LogP contribution is 2.28. The van der Waals surface area contributed by atoms with Crippen molar-refractivity contribution in [3.8, 4) is 11.5 Å². The number of carboxylic acids is 1. The Bertz CT molecular complexity index is 618. The first kappa shape index (κ1) is 14.1. The summed E-state index contributed by atoms with van der Waals surface area (Å²) in [6.45, 7) is 6.22. The largest absolute Gasteiger partial charge is 0.477 e. The molecule has 0 fully saturated rings. The van der Waals surface area contributed by atoms with Gasteiger partial charge in [-0.3, -0.25) is 0 Å². The first-order valence-electron chi connectivity index (χ1n) is 6.45. The Hall–Kier alpha value is -2.36. The van der Waals surface area contributed by atoms with Crippen LogP contribution < -0.4 is 4.74 Å². The molecule has 0 spiro atoms. The number of hydrogen-bond donors (Lipinski definition) is 1. The van der Waals surface area contributed by atoms with Gasteiger partial charge < -0.3 is 9.84 Å². The second kappa shape index (κ2) is 5.74. The van der Waals surface area contributed by atoms with Gasteiger partial charge in [-0.25, -0.2) is 9.78 Å². The molecule has 1 N–H and O–H groups in total. The molecule has 0 atom stereocenters. The van der Waals surface area contributed by atoms with Gasteiger partial charge in [0.1, 0.15) is 17.2 Å². The summed E-state index contributed by atoms with van der Waals surface area (Å²) in [6, 6.07) is 9.14. The van der Waals surface area contributed by atoms with E-state index in [9.17, 15) is 4.79 Å². The second-order valence-corrected chi connectivity index (χ2v) is 4.97. The molecule has 4 heteroatoms. The van der Waals surface area contributed by atoms with E-state index in [0.717, 1.165) is 11.3 Å². The van der Waals surface area contributed by atoms with Gasteiger partial charge >= 0.3 is 5.97 Å². The lowest BCUT2D eigenvalue weighted by molar-refractivity contribution is 0.0690. The van der Waals surface area contributed by atoms with Crippen molar-refractivity contribution < 1.29 is 14.6 Å². The Morgan fingerprint density at radius 2 is 2.00 bits per heavy atom. The molecule has 20 heavy (non-hydrogen) atoms. The van der Waals surface area contributed by atoms with Gasteiger partial charge in [0.25, 0.3) is 0 Å². The quantitative estimate of drug-likeness (QED) is 0.912. The second-order valence-electron chi connectivity index (χ2n) is 4.97. The van der Waals surface area contributed by atoms with Crippen molar-refractivity contribution in [1.82, 2.24) is 4.98 Å². The van der Waals surface area contributed by atoms with E-state index < -0.39 is 5.97 Å². The van der Waals surface area contributed by atoms with Crippen molar-refractivity contribution >= 4 is 5.97 Å². The molecule has 2 rings (SSSR count). The Labute approximate surface area is 118 Å². The van der Waals surface area contributed by atoms with E-state index in [4.69, 9.17) is 9.84 Å². The van der Waals surface area contributed by atoms with Crippen LogP contribution in [0.3, 0.4) is 0 Å². The predicted octanol–water partition coefficient (Wildman–Crippen LogP) is 4.00. The zero-order valence-corrected chi connectivity index (χ0v) is 11.8. The van der Waals surface area contributed by atoms with E-state index in [1.54, 1.807) is 6.07 Å². The lowest BCUT2D eigenvalue weighted by atomic mass is 10.0. The zero-order valence-electron chi connectivity index (χ0n) is 11.8. The van der Waals surface area contributed by atoms with Gasteiger partial charge in [0.2, 0.25) is 0 Å². The first-order chi connectivity index (χ1) is 9.47. The van der Waals surface area contributed by atoms with Crippen LogP contribution in [0.5, 0.6) is 11.5 Å². The molecule has 1 aromatic heterocycles. The van der Waals surface area contributed by atoms with Gasteiger partial charge in [-0.2, -0.15) is 0 Å². The fourth-order valence-electron chi connectivity index (χ4n) is 1.78. The molecule has 4 nitrogen and oxygen atoms in total. The summed E-state index contributed by atoms with van der Waals surface area (Å²) < 4.78 is 5.78. The SMILES string of the molecule is Cc1ccc(C(C)C)cc1Oc1ccc(C(=O)O)nc1. The Morgan fingerprint density at radius 3 is 2.55 bits per heavy atom. The van der Waals surface area contributed by atoms with E-state index >= 15 is 0 Å². The topological polar surface area (TPSA) is 59.4 Å². The normalized spacial score (nSPS) is 10.6. The highest BCUT2D eigenvalue weighted by atomic mass is 16.5. The summed E-state index contributed by atoms with van der Waals surface area (Å²) >= 11 is 0. The van der Waals surface area contributed by atoms with E-state index in [1.165, 1.54) is 17.8 Å². The summed E-state index contributed by atoms with van der Waals surface area (Å²) in [5, 5.41) is 8.80. The minimum Gasteiger partial charge on any atom is -0.477 e. The summed E-state index contributed by atoms with van der Waals surface area (Å²) in [6.07, 6.45) is 1.42. The molecule has 0 aliphatic carbocycles. The minimum atomic E-state index is -1.05. The van der Waals surface area contributed by atoms with Gasteiger partial charge in [0.15, 0.2) is 0 Å². The lowest BCUT2D eigenvalue weighted by Gasteiger charge is -2.12. The van der Waals surface area contributed by atoms with Gasteiger partial charge in [-0.05, 0) is 42.2 Å². The van der Waals surface area contributed by atoms with Crippen LogP contribution in [-0.4, -0.2) is 16.1 Å². The van der Waals surface area contributed by atoms with E-state index in [1.807, 2.05) is 19.1 Å². The molecule has 0 bridgehead atoms. The molecule has 1 aromatic carbocycles. The van der Waals surface area contributed by atoms with Gasteiger partial charge in [0.05, 0.1) is 6.20 Å². The minimum absolute atomic E-state index is 0.00463. The van der Waals surface area contributed by atoms with Crippen LogP contribution in [0.1, 0.15) is 41.4 Å². The Kier molecular flexibility index (Phi) is 4.03. The monoisotopic (exact) mass is 271 g/mol. The van der Waals surface area contributed by atoms with Crippen LogP contribution in [-0.2, 0) is 0 Å². The third-order valence-corrected chi connectivity index (χ3v) is 3.06. The maximum atomic E-state index is 10.7. The smallest absolute Gasteiger partial charge is 0.354 e. The average Bonchev–Trinajstić information content (AvgIpc) is 2.41. The molecule has 0 saturated heterocycles. The molecular weight excluding hydrogens is 254 g/mol. The third-order valence-electron chi connectivity index (χ3n) is 3.06. The van der Waals surface area contributed by atoms with Crippen LogP contribution in [0.4, 0.5) is 0 Å². The number of hydrogen-bond acceptors (Lipinski definition) is 3. The number of aromatic nitrogens is 1. The van der Waals surface area contributed by atoms with E-state index in [2.05, 4.69) is 24.9 Å². The number of pyridine rings is 1. The van der Waals surface area contributed by atoms with Crippen LogP contribution in [0.15, 0.2) is 36.5 Å². The summed E-state index contributed by atoms with van der Waals surface area (Å²) in [5.74, 6) is 0.667. The highest BCUT2D eigenvalue weighted by Gasteiger charge is 2.08. The zero-order chi connectivity index (χ0) is 14.7. The number of rotatable bonds is 4. The molecule has 2 aromatic rings. The predicted molar refractivity (Wildman–Crippen MR) is 76.5 cm³/mol. The number of benzene rings is 1. The fourth-order valence-corrected chi connectivity index (χ4v) is 1.78. The van der Waals surface area contributed by atoms with Crippen molar-refractivity contribution in [3.63, 3.8) is 0 Å². The fraction of sp³-hybridized carbons (Fsp3) is 0.250. The molecule has 0 saturated carbocycles. The summed E-state index contributed by atoms with van der Waals surface area (Å²) in [5.41, 5.74) is 2.22. The lowest BCUT2D eigenvalue weighted by Crippen LogP contribution is -1.99. The van der Waals surface area contributed by atoms with Crippen LogP contribution in [0.25, 0.3) is 0 Å². The van der Waals surface area contributed by atoms with E-state index in [0.29, 0.717) is 11.7 Å². The number of ether oxygens (including phenoxy) is 1. The number of nitrogens with zero attached hydrogens (tertiary/aromatic N) is 1. The van der Waals surface area contributed by atoms with E-state index in [-0.39, 0.29) is 5.69 Å². The van der Waals surface area contributed by atoms with Gasteiger partial charge in [-0.1, -0.05) is 26.0 Å². The molecule has 0 aliphatic heterocycles. The molecule has 0 amide bonds. The first-order valence-corrected chi connectivity index (χ1v) is 6.45. The van der Waals surface area contributed by atoms with Crippen molar-refractivity contribution in [3.05, 3.63) is 53.3 Å². The molecule has 1 heterocycles. The van der Waals surface area contributed by atoms with Crippen molar-refractivity contribution in [2.24, 2.45) is 0 Å².